The lowest BCUT2D eigenvalue weighted by Crippen LogP contribution is -2.23. The molecule has 7 heteroatoms. The molecule has 5 nitrogen and oxygen atoms in total. The highest BCUT2D eigenvalue weighted by molar-refractivity contribution is 8.00. The van der Waals surface area contributed by atoms with E-state index in [-0.39, 0.29) is 5.91 Å². The topological polar surface area (TPSA) is 58.1 Å². The first-order valence-electron chi connectivity index (χ1n) is 5.37. The molecule has 2 heterocycles. The lowest BCUT2D eigenvalue weighted by molar-refractivity contribution is -0.125. The molecule has 0 saturated heterocycles. The maximum atomic E-state index is 11.6. The van der Waals surface area contributed by atoms with Gasteiger partial charge in [-0.25, -0.2) is 9.97 Å². The summed E-state index contributed by atoms with van der Waals surface area (Å²) in [6.07, 6.45) is 0. The Kier molecular flexibility index (Phi) is 4.03. The Hall–Kier alpha value is -1.34. The van der Waals surface area contributed by atoms with Gasteiger partial charge in [0.2, 0.25) is 11.9 Å². The first kappa shape index (κ1) is 13.1. The number of fused-ring (bicyclic) bond motifs is 1. The molecule has 0 radical (unpaired) electrons. The first-order chi connectivity index (χ1) is 8.61. The molecular formula is C11H14N4OS2. The second kappa shape index (κ2) is 5.53. The minimum atomic E-state index is 0.0781. The SMILES string of the molecule is CNc1nc(SCC(=O)N(C)C)c2sccc2n1. The number of hydrogen-bond donors (Lipinski definition) is 1. The quantitative estimate of drug-likeness (QED) is 0.686. The summed E-state index contributed by atoms with van der Waals surface area (Å²) < 4.78 is 1.03. The number of carbonyl (C=O) groups is 1. The molecule has 0 unspecified atom stereocenters. The van der Waals surface area contributed by atoms with Crippen molar-refractivity contribution < 1.29 is 4.79 Å². The summed E-state index contributed by atoms with van der Waals surface area (Å²) in [5, 5.41) is 5.77. The summed E-state index contributed by atoms with van der Waals surface area (Å²) in [6.45, 7) is 0. The normalized spacial score (nSPS) is 10.6. The van der Waals surface area contributed by atoms with Crippen LogP contribution < -0.4 is 5.32 Å². The first-order valence-corrected chi connectivity index (χ1v) is 7.24. The Bertz CT molecular complexity index is 567. The number of anilines is 1. The van der Waals surface area contributed by atoms with Crippen LogP contribution in [0.2, 0.25) is 0 Å². The monoisotopic (exact) mass is 282 g/mol. The molecule has 0 spiro atoms. The standard InChI is InChI=1S/C11H14N4OS2/c1-12-11-13-7-4-5-17-9(7)10(14-11)18-6-8(16)15(2)3/h4-5H,6H2,1-3H3,(H,12,13,14). The highest BCUT2D eigenvalue weighted by Crippen LogP contribution is 2.30. The van der Waals surface area contributed by atoms with Gasteiger partial charge in [-0.05, 0) is 11.4 Å². The van der Waals surface area contributed by atoms with Crippen molar-refractivity contribution in [1.29, 1.82) is 0 Å². The fourth-order valence-electron chi connectivity index (χ4n) is 1.31. The molecule has 1 N–H and O–H groups in total. The van der Waals surface area contributed by atoms with Crippen LogP contribution >= 0.6 is 23.1 Å². The summed E-state index contributed by atoms with van der Waals surface area (Å²) in [6, 6.07) is 1.96. The number of thioether (sulfide) groups is 1. The smallest absolute Gasteiger partial charge is 0.232 e. The van der Waals surface area contributed by atoms with E-state index in [1.807, 2.05) is 11.4 Å². The molecule has 0 saturated carbocycles. The molecule has 0 aliphatic carbocycles. The number of aromatic nitrogens is 2. The zero-order chi connectivity index (χ0) is 13.1. The van der Waals surface area contributed by atoms with Crippen LogP contribution in [0, 0.1) is 0 Å². The predicted octanol–water partition coefficient (Wildman–Crippen LogP) is 1.91. The maximum Gasteiger partial charge on any atom is 0.232 e. The van der Waals surface area contributed by atoms with E-state index in [0.717, 1.165) is 15.2 Å². The average Bonchev–Trinajstić information content (AvgIpc) is 2.83. The summed E-state index contributed by atoms with van der Waals surface area (Å²) in [5.41, 5.74) is 0.916. The number of hydrogen-bond acceptors (Lipinski definition) is 6. The fraction of sp³-hybridized carbons (Fsp3) is 0.364. The van der Waals surface area contributed by atoms with Crippen LogP contribution in [0.3, 0.4) is 0 Å². The van der Waals surface area contributed by atoms with Crippen LogP contribution in [-0.4, -0.2) is 47.7 Å². The van der Waals surface area contributed by atoms with Crippen molar-refractivity contribution >= 4 is 45.2 Å². The number of carbonyl (C=O) groups excluding carboxylic acids is 1. The van der Waals surface area contributed by atoms with Gasteiger partial charge in [-0.15, -0.1) is 11.3 Å². The van der Waals surface area contributed by atoms with Gasteiger partial charge in [-0.2, -0.15) is 0 Å². The minimum Gasteiger partial charge on any atom is -0.357 e. The van der Waals surface area contributed by atoms with E-state index >= 15 is 0 Å². The Morgan fingerprint density at radius 2 is 2.28 bits per heavy atom. The molecule has 1 amide bonds. The Balaban J connectivity index is 2.26. The van der Waals surface area contributed by atoms with E-state index in [2.05, 4.69) is 15.3 Å². The summed E-state index contributed by atoms with van der Waals surface area (Å²) in [5.74, 6) is 1.05. The van der Waals surface area contributed by atoms with Crippen molar-refractivity contribution in [1.82, 2.24) is 14.9 Å². The van der Waals surface area contributed by atoms with E-state index in [9.17, 15) is 4.79 Å². The van der Waals surface area contributed by atoms with Crippen LogP contribution in [-0.2, 0) is 4.79 Å². The average molecular weight is 282 g/mol. The van der Waals surface area contributed by atoms with Crippen molar-refractivity contribution in [3.8, 4) is 0 Å². The van der Waals surface area contributed by atoms with Gasteiger partial charge in [0.05, 0.1) is 16.0 Å². The zero-order valence-electron chi connectivity index (χ0n) is 10.4. The second-order valence-electron chi connectivity index (χ2n) is 3.81. The number of nitrogens with one attached hydrogen (secondary N) is 1. The molecule has 2 aromatic heterocycles. The highest BCUT2D eigenvalue weighted by Gasteiger charge is 2.12. The van der Waals surface area contributed by atoms with Crippen LogP contribution in [0.15, 0.2) is 16.5 Å². The third-order valence-electron chi connectivity index (χ3n) is 2.33. The molecule has 0 bridgehead atoms. The molecule has 0 atom stereocenters. The van der Waals surface area contributed by atoms with Gasteiger partial charge < -0.3 is 10.2 Å². The van der Waals surface area contributed by atoms with Gasteiger partial charge >= 0.3 is 0 Å². The number of thiophene rings is 1. The Labute approximate surface area is 114 Å². The van der Waals surface area contributed by atoms with Gasteiger partial charge in [-0.3, -0.25) is 4.79 Å². The lowest BCUT2D eigenvalue weighted by Gasteiger charge is -2.10. The lowest BCUT2D eigenvalue weighted by atomic mass is 10.5. The fourth-order valence-corrected chi connectivity index (χ4v) is 3.25. The van der Waals surface area contributed by atoms with Crippen molar-refractivity contribution in [2.75, 3.05) is 32.2 Å². The summed E-state index contributed by atoms with van der Waals surface area (Å²) >= 11 is 3.04. The number of nitrogens with zero attached hydrogens (tertiary/aromatic N) is 3. The van der Waals surface area contributed by atoms with Crippen LogP contribution in [0.4, 0.5) is 5.95 Å². The Morgan fingerprint density at radius 1 is 1.50 bits per heavy atom. The molecule has 2 aromatic rings. The zero-order valence-corrected chi connectivity index (χ0v) is 12.1. The molecule has 0 aliphatic rings. The van der Waals surface area contributed by atoms with Crippen molar-refractivity contribution in [3.63, 3.8) is 0 Å². The summed E-state index contributed by atoms with van der Waals surface area (Å²) in [4.78, 5) is 21.9. The number of rotatable bonds is 4. The Morgan fingerprint density at radius 3 is 2.94 bits per heavy atom. The second-order valence-corrected chi connectivity index (χ2v) is 5.69. The van der Waals surface area contributed by atoms with Crippen LogP contribution in [0.1, 0.15) is 0 Å². The molecule has 0 fully saturated rings. The third-order valence-corrected chi connectivity index (χ3v) is 4.33. The van der Waals surface area contributed by atoms with Gasteiger partial charge in [0, 0.05) is 21.1 Å². The van der Waals surface area contributed by atoms with Gasteiger partial charge in [-0.1, -0.05) is 11.8 Å². The predicted molar refractivity (Wildman–Crippen MR) is 76.4 cm³/mol. The largest absolute Gasteiger partial charge is 0.357 e. The van der Waals surface area contributed by atoms with E-state index in [1.165, 1.54) is 11.8 Å². The van der Waals surface area contributed by atoms with Gasteiger partial charge in [0.1, 0.15) is 5.03 Å². The van der Waals surface area contributed by atoms with Gasteiger partial charge in [0.15, 0.2) is 0 Å². The molecule has 0 aromatic carbocycles. The van der Waals surface area contributed by atoms with E-state index < -0.39 is 0 Å². The van der Waals surface area contributed by atoms with Gasteiger partial charge in [0.25, 0.3) is 0 Å². The van der Waals surface area contributed by atoms with E-state index in [1.54, 1.807) is 37.4 Å². The third kappa shape index (κ3) is 2.73. The van der Waals surface area contributed by atoms with Crippen molar-refractivity contribution in [2.45, 2.75) is 5.03 Å². The van der Waals surface area contributed by atoms with Crippen LogP contribution in [0.25, 0.3) is 10.2 Å². The van der Waals surface area contributed by atoms with Crippen LogP contribution in [0.5, 0.6) is 0 Å². The summed E-state index contributed by atoms with van der Waals surface area (Å²) in [7, 11) is 5.29. The van der Waals surface area contributed by atoms with Crippen molar-refractivity contribution in [3.05, 3.63) is 11.4 Å². The minimum absolute atomic E-state index is 0.0781. The van der Waals surface area contributed by atoms with Crippen molar-refractivity contribution in [2.24, 2.45) is 0 Å². The molecule has 2 rings (SSSR count). The molecule has 18 heavy (non-hydrogen) atoms. The van der Waals surface area contributed by atoms with E-state index in [4.69, 9.17) is 0 Å². The van der Waals surface area contributed by atoms with E-state index in [0.29, 0.717) is 11.7 Å². The highest BCUT2D eigenvalue weighted by atomic mass is 32.2. The maximum absolute atomic E-state index is 11.6. The molecule has 0 aliphatic heterocycles. The molecule has 96 valence electrons. The number of amides is 1. The molecular weight excluding hydrogens is 268 g/mol.